The number of rotatable bonds is 4. The molecule has 0 aromatic heterocycles. The molecule has 1 aromatic carbocycles. The van der Waals surface area contributed by atoms with Crippen molar-refractivity contribution in [1.82, 2.24) is 0 Å². The summed E-state index contributed by atoms with van der Waals surface area (Å²) in [7, 11) is 0. The van der Waals surface area contributed by atoms with Gasteiger partial charge in [0.1, 0.15) is 36.3 Å². The highest BCUT2D eigenvalue weighted by Gasteiger charge is 2.44. The van der Waals surface area contributed by atoms with E-state index in [0.29, 0.717) is 21.8 Å². The molecule has 1 aliphatic heterocycles. The van der Waals surface area contributed by atoms with Crippen molar-refractivity contribution < 1.29 is 29.9 Å². The van der Waals surface area contributed by atoms with E-state index in [1.165, 1.54) is 0 Å². The highest BCUT2D eigenvalue weighted by Crippen LogP contribution is 2.39. The highest BCUT2D eigenvalue weighted by molar-refractivity contribution is 6.32. The molecule has 1 saturated heterocycles. The lowest BCUT2D eigenvalue weighted by Gasteiger charge is -2.40. The van der Waals surface area contributed by atoms with Gasteiger partial charge >= 0.3 is 0 Å². The van der Waals surface area contributed by atoms with E-state index in [0.717, 1.165) is 25.7 Å². The summed E-state index contributed by atoms with van der Waals surface area (Å²) in [6, 6.07) is 5.06. The molecule has 7 heteroatoms. The Labute approximate surface area is 164 Å². The lowest BCUT2D eigenvalue weighted by Crippen LogP contribution is -2.55. The molecular weight excluding hydrogens is 372 g/mol. The summed E-state index contributed by atoms with van der Waals surface area (Å²) in [5.74, 6) is 0.510. The Morgan fingerprint density at radius 1 is 1.11 bits per heavy atom. The molecule has 3 rings (SSSR count). The molecule has 6 nitrogen and oxygen atoms in total. The monoisotopic (exact) mass is 400 g/mol. The molecule has 0 radical (unpaired) electrons. The van der Waals surface area contributed by atoms with E-state index in [2.05, 4.69) is 13.8 Å². The Balaban J connectivity index is 1.76. The van der Waals surface area contributed by atoms with Crippen LogP contribution in [0.25, 0.3) is 0 Å². The number of aliphatic hydroxyl groups is 4. The van der Waals surface area contributed by atoms with Crippen LogP contribution in [0.3, 0.4) is 0 Å². The van der Waals surface area contributed by atoms with Crippen LogP contribution in [0.2, 0.25) is 5.02 Å². The normalized spacial score (nSPS) is 34.4. The van der Waals surface area contributed by atoms with E-state index in [9.17, 15) is 20.4 Å². The molecule has 152 valence electrons. The Morgan fingerprint density at radius 3 is 2.41 bits per heavy atom. The zero-order chi connectivity index (χ0) is 19.8. The topological polar surface area (TPSA) is 99.4 Å². The van der Waals surface area contributed by atoms with Gasteiger partial charge in [0, 0.05) is 0 Å². The second-order valence-corrected chi connectivity index (χ2v) is 8.83. The van der Waals surface area contributed by atoms with Gasteiger partial charge in [-0.2, -0.15) is 0 Å². The third-order valence-corrected chi connectivity index (χ3v) is 6.07. The molecular formula is C20H29ClO6. The van der Waals surface area contributed by atoms with Gasteiger partial charge in [0.05, 0.1) is 17.7 Å². The fourth-order valence-electron chi connectivity index (χ4n) is 3.83. The summed E-state index contributed by atoms with van der Waals surface area (Å²) in [6.45, 7) is 4.06. The standard InChI is InChI=1S/C20H29ClO6/c1-20(2)7-5-12(6-8-20)26-14-9-11(3-4-13(14)21)19-18(25)17(24)16(23)15(10-22)27-19/h3-4,9,12,15-19,22-25H,5-8,10H2,1-2H3/t15-,16-,17+,18-,19+/m1/s1. The number of hydrogen-bond donors (Lipinski definition) is 4. The highest BCUT2D eigenvalue weighted by atomic mass is 35.5. The zero-order valence-corrected chi connectivity index (χ0v) is 16.5. The number of ether oxygens (including phenoxy) is 2. The van der Waals surface area contributed by atoms with Crippen molar-refractivity contribution in [3.05, 3.63) is 28.8 Å². The van der Waals surface area contributed by atoms with Gasteiger partial charge in [-0.05, 0) is 48.8 Å². The molecule has 0 spiro atoms. The van der Waals surface area contributed by atoms with Gasteiger partial charge in [-0.15, -0.1) is 0 Å². The first-order valence-corrected chi connectivity index (χ1v) is 9.86. The third kappa shape index (κ3) is 4.58. The molecule has 1 aliphatic carbocycles. The minimum Gasteiger partial charge on any atom is -0.489 e. The molecule has 1 heterocycles. The fourth-order valence-corrected chi connectivity index (χ4v) is 4.00. The van der Waals surface area contributed by atoms with Gasteiger partial charge in [-0.1, -0.05) is 31.5 Å². The molecule has 1 saturated carbocycles. The van der Waals surface area contributed by atoms with Crippen molar-refractivity contribution in [1.29, 1.82) is 0 Å². The Kier molecular flexibility index (Phi) is 6.35. The average Bonchev–Trinajstić information content (AvgIpc) is 2.64. The lowest BCUT2D eigenvalue weighted by atomic mass is 9.76. The van der Waals surface area contributed by atoms with Gasteiger partial charge in [0.15, 0.2) is 0 Å². The minimum atomic E-state index is -1.42. The van der Waals surface area contributed by atoms with E-state index in [1.807, 2.05) is 0 Å². The number of halogens is 1. The summed E-state index contributed by atoms with van der Waals surface area (Å²) < 4.78 is 11.7. The molecule has 0 amide bonds. The van der Waals surface area contributed by atoms with Crippen molar-refractivity contribution in [3.63, 3.8) is 0 Å². The Morgan fingerprint density at radius 2 is 1.78 bits per heavy atom. The SMILES string of the molecule is CC1(C)CCC(Oc2cc([C@@H]3O[C@H](CO)[C@@H](O)[C@H](O)[C@H]3O)ccc2Cl)CC1. The summed E-state index contributed by atoms with van der Waals surface area (Å²) in [5.41, 5.74) is 0.907. The van der Waals surface area contributed by atoms with E-state index in [-0.39, 0.29) is 6.10 Å². The van der Waals surface area contributed by atoms with Gasteiger partial charge in [-0.25, -0.2) is 0 Å². The van der Waals surface area contributed by atoms with Crippen molar-refractivity contribution in [2.24, 2.45) is 5.41 Å². The first kappa shape index (κ1) is 20.8. The van der Waals surface area contributed by atoms with E-state index in [1.54, 1.807) is 18.2 Å². The van der Waals surface area contributed by atoms with Crippen LogP contribution >= 0.6 is 11.6 Å². The fraction of sp³-hybridized carbons (Fsp3) is 0.700. The predicted molar refractivity (Wildman–Crippen MR) is 101 cm³/mol. The Hall–Kier alpha value is -0.890. The quantitative estimate of drug-likeness (QED) is 0.618. The van der Waals surface area contributed by atoms with Crippen molar-refractivity contribution in [2.45, 2.75) is 76.2 Å². The molecule has 1 aromatic rings. The van der Waals surface area contributed by atoms with Gasteiger partial charge in [-0.3, -0.25) is 0 Å². The molecule has 4 N–H and O–H groups in total. The first-order chi connectivity index (χ1) is 12.7. The molecule has 5 atom stereocenters. The number of hydrogen-bond acceptors (Lipinski definition) is 6. The second kappa shape index (κ2) is 8.23. The smallest absolute Gasteiger partial charge is 0.138 e. The third-order valence-electron chi connectivity index (χ3n) is 5.76. The first-order valence-electron chi connectivity index (χ1n) is 9.48. The van der Waals surface area contributed by atoms with Crippen LogP contribution in [0.5, 0.6) is 5.75 Å². The van der Waals surface area contributed by atoms with Gasteiger partial charge < -0.3 is 29.9 Å². The van der Waals surface area contributed by atoms with E-state index < -0.39 is 37.1 Å². The average molecular weight is 401 g/mol. The van der Waals surface area contributed by atoms with Crippen LogP contribution < -0.4 is 4.74 Å². The second-order valence-electron chi connectivity index (χ2n) is 8.42. The van der Waals surface area contributed by atoms with Crippen LogP contribution in [-0.2, 0) is 4.74 Å². The van der Waals surface area contributed by atoms with Crippen molar-refractivity contribution in [3.8, 4) is 5.75 Å². The largest absolute Gasteiger partial charge is 0.489 e. The summed E-state index contributed by atoms with van der Waals surface area (Å²) in [4.78, 5) is 0. The minimum absolute atomic E-state index is 0.0839. The maximum absolute atomic E-state index is 10.3. The van der Waals surface area contributed by atoms with Crippen LogP contribution in [0.1, 0.15) is 51.2 Å². The molecule has 27 heavy (non-hydrogen) atoms. The molecule has 2 fully saturated rings. The van der Waals surface area contributed by atoms with Crippen LogP contribution in [0.15, 0.2) is 18.2 Å². The predicted octanol–water partition coefficient (Wildman–Crippen LogP) is 2.20. The van der Waals surface area contributed by atoms with E-state index in [4.69, 9.17) is 21.1 Å². The van der Waals surface area contributed by atoms with Gasteiger partial charge in [0.25, 0.3) is 0 Å². The van der Waals surface area contributed by atoms with Crippen LogP contribution in [0, 0.1) is 5.41 Å². The zero-order valence-electron chi connectivity index (χ0n) is 15.7. The molecule has 0 bridgehead atoms. The maximum Gasteiger partial charge on any atom is 0.138 e. The maximum atomic E-state index is 10.3. The number of benzene rings is 1. The van der Waals surface area contributed by atoms with Crippen molar-refractivity contribution >= 4 is 11.6 Å². The van der Waals surface area contributed by atoms with Crippen molar-refractivity contribution in [2.75, 3.05) is 6.61 Å². The molecule has 0 unspecified atom stereocenters. The summed E-state index contributed by atoms with van der Waals surface area (Å²) in [5, 5.41) is 40.1. The number of aliphatic hydroxyl groups excluding tert-OH is 4. The lowest BCUT2D eigenvalue weighted by molar-refractivity contribution is -0.231. The Bertz CT molecular complexity index is 639. The van der Waals surface area contributed by atoms with Crippen LogP contribution in [0.4, 0.5) is 0 Å². The summed E-state index contributed by atoms with van der Waals surface area (Å²) >= 11 is 6.30. The van der Waals surface area contributed by atoms with Gasteiger partial charge in [0.2, 0.25) is 0 Å². The molecule has 2 aliphatic rings. The van der Waals surface area contributed by atoms with Crippen LogP contribution in [-0.4, -0.2) is 57.6 Å². The summed E-state index contributed by atoms with van der Waals surface area (Å²) in [6.07, 6.45) is -1.81. The van der Waals surface area contributed by atoms with E-state index >= 15 is 0 Å².